The summed E-state index contributed by atoms with van der Waals surface area (Å²) >= 11 is 0. The van der Waals surface area contributed by atoms with Gasteiger partial charge in [-0.15, -0.1) is 0 Å². The summed E-state index contributed by atoms with van der Waals surface area (Å²) in [6.07, 6.45) is -7.66. The molecule has 2 aliphatic rings. The third-order valence-corrected chi connectivity index (χ3v) is 10.8. The first-order chi connectivity index (χ1) is 25.6. The minimum Gasteiger partial charge on any atom is -0.389 e. The van der Waals surface area contributed by atoms with Crippen LogP contribution >= 0.6 is 0 Å². The first-order valence-electron chi connectivity index (χ1n) is 17.9. The van der Waals surface area contributed by atoms with Crippen LogP contribution in [0.4, 0.5) is 30.7 Å². The van der Waals surface area contributed by atoms with Crippen molar-refractivity contribution in [2.75, 3.05) is 19.6 Å². The van der Waals surface area contributed by atoms with E-state index in [-0.39, 0.29) is 24.5 Å². The molecule has 0 aliphatic carbocycles. The van der Waals surface area contributed by atoms with Gasteiger partial charge in [-0.25, -0.2) is 9.37 Å². The number of carbonyl (C=O) groups excluding carboxylic acids is 1. The lowest BCUT2D eigenvalue weighted by Crippen LogP contribution is -2.56. The summed E-state index contributed by atoms with van der Waals surface area (Å²) in [5.74, 6) is -0.480. The average molecular weight is 753 g/mol. The van der Waals surface area contributed by atoms with E-state index < -0.39 is 46.6 Å². The van der Waals surface area contributed by atoms with E-state index in [0.29, 0.717) is 70.3 Å². The molecule has 1 amide bonds. The number of carbonyl (C=O) groups is 1. The summed E-state index contributed by atoms with van der Waals surface area (Å²) in [6, 6.07) is 23.8. The van der Waals surface area contributed by atoms with Gasteiger partial charge in [-0.2, -0.15) is 26.3 Å². The molecule has 0 bridgehead atoms. The maximum atomic E-state index is 13.8. The molecule has 4 aromatic carbocycles. The lowest BCUT2D eigenvalue weighted by molar-refractivity contribution is -0.143. The van der Waals surface area contributed by atoms with Gasteiger partial charge in [0.05, 0.1) is 27.8 Å². The minimum atomic E-state index is -5.07. The second kappa shape index (κ2) is 14.8. The Bertz CT molecular complexity index is 2060. The van der Waals surface area contributed by atoms with Crippen LogP contribution in [0, 0.1) is 5.82 Å². The summed E-state index contributed by atoms with van der Waals surface area (Å²) < 4.78 is 97.7. The summed E-state index contributed by atoms with van der Waals surface area (Å²) in [5.41, 5.74) is -1.28. The van der Waals surface area contributed by atoms with E-state index in [9.17, 15) is 40.6 Å². The molecule has 1 aromatic heterocycles. The van der Waals surface area contributed by atoms with Crippen molar-refractivity contribution >= 4 is 16.9 Å². The molecule has 5 aromatic rings. The van der Waals surface area contributed by atoms with Crippen LogP contribution in [-0.2, 0) is 31.7 Å². The van der Waals surface area contributed by atoms with Crippen molar-refractivity contribution in [3.8, 4) is 0 Å². The molecule has 2 atom stereocenters. The van der Waals surface area contributed by atoms with E-state index in [0.717, 1.165) is 28.0 Å². The van der Waals surface area contributed by atoms with Crippen LogP contribution in [0.2, 0.25) is 0 Å². The number of para-hydroxylation sites is 2. The van der Waals surface area contributed by atoms with Crippen LogP contribution in [-0.4, -0.2) is 67.7 Å². The molecule has 13 heteroatoms. The number of likely N-dealkylation sites (tertiary alicyclic amines) is 2. The van der Waals surface area contributed by atoms with Crippen molar-refractivity contribution in [1.29, 1.82) is 0 Å². The largest absolute Gasteiger partial charge is 0.416 e. The number of hydrogen-bond acceptors (Lipinski definition) is 4. The second-order valence-electron chi connectivity index (χ2n) is 14.5. The Kier molecular flexibility index (Phi) is 10.3. The zero-order valence-electron chi connectivity index (χ0n) is 29.3. The molecule has 6 nitrogen and oxygen atoms in total. The number of amides is 1. The fourth-order valence-electron chi connectivity index (χ4n) is 7.94. The van der Waals surface area contributed by atoms with Crippen molar-refractivity contribution in [2.45, 2.75) is 75.1 Å². The maximum absolute atomic E-state index is 13.8. The molecule has 0 radical (unpaired) electrons. The van der Waals surface area contributed by atoms with Gasteiger partial charge in [0, 0.05) is 50.2 Å². The summed E-state index contributed by atoms with van der Waals surface area (Å²) in [5, 5.41) is 11.9. The molecule has 0 spiro atoms. The van der Waals surface area contributed by atoms with Crippen LogP contribution in [0.15, 0.2) is 97.1 Å². The normalized spacial score (nSPS) is 19.7. The second-order valence-corrected chi connectivity index (χ2v) is 14.5. The van der Waals surface area contributed by atoms with E-state index in [4.69, 9.17) is 4.98 Å². The fourth-order valence-corrected chi connectivity index (χ4v) is 7.94. The standard InChI is InChI=1S/C41H39F7N4O2/c42-32-12-10-28(11-13-32)26-52-36-9-5-4-8-35(36)49-37(52)25-39(54)15-18-50(19-16-39)33-14-17-51(34(24-33)20-27-6-2-1-3-7-27)38(53)29-21-30(40(43,44)45)23-31(22-29)41(46,47)48/h1-13,21-23,33-34,54H,14-20,24-26H2/t33-,34+/m1/s1. The molecule has 2 fully saturated rings. The first-order valence-corrected chi connectivity index (χ1v) is 17.9. The van der Waals surface area contributed by atoms with Crippen molar-refractivity contribution in [1.82, 2.24) is 19.4 Å². The highest BCUT2D eigenvalue weighted by Gasteiger charge is 2.42. The Morgan fingerprint density at radius 3 is 2.07 bits per heavy atom. The summed E-state index contributed by atoms with van der Waals surface area (Å²) in [7, 11) is 0. The van der Waals surface area contributed by atoms with Gasteiger partial charge in [0.15, 0.2) is 0 Å². The Labute approximate surface area is 307 Å². The number of piperidine rings is 2. The highest BCUT2D eigenvalue weighted by atomic mass is 19.4. The molecule has 0 saturated carbocycles. The number of rotatable bonds is 8. The molecule has 0 unspecified atom stereocenters. The predicted molar refractivity (Wildman–Crippen MR) is 189 cm³/mol. The van der Waals surface area contributed by atoms with Crippen LogP contribution in [0.3, 0.4) is 0 Å². The summed E-state index contributed by atoms with van der Waals surface area (Å²) in [6.45, 7) is 1.70. The van der Waals surface area contributed by atoms with Crippen LogP contribution in [0.5, 0.6) is 0 Å². The molecular weight excluding hydrogens is 713 g/mol. The maximum Gasteiger partial charge on any atom is 0.416 e. The van der Waals surface area contributed by atoms with Gasteiger partial charge in [0.25, 0.3) is 5.91 Å². The summed E-state index contributed by atoms with van der Waals surface area (Å²) in [4.78, 5) is 22.4. The average Bonchev–Trinajstić information content (AvgIpc) is 3.47. The third kappa shape index (κ3) is 8.32. The van der Waals surface area contributed by atoms with E-state index in [2.05, 4.69) is 9.47 Å². The van der Waals surface area contributed by atoms with Gasteiger partial charge in [-0.1, -0.05) is 54.6 Å². The quantitative estimate of drug-likeness (QED) is 0.162. The molecule has 284 valence electrons. The lowest BCUT2D eigenvalue weighted by Gasteiger charge is -2.47. The van der Waals surface area contributed by atoms with Crippen molar-refractivity contribution in [3.63, 3.8) is 0 Å². The molecule has 2 saturated heterocycles. The SMILES string of the molecule is O=C(c1cc(C(F)(F)F)cc(C(F)(F)F)c1)N1CC[C@@H](N2CCC(O)(Cc3nc4ccccc4n3Cc3ccc(F)cc3)CC2)C[C@@H]1Cc1ccccc1. The number of fused-ring (bicyclic) bond motifs is 1. The van der Waals surface area contributed by atoms with Crippen molar-refractivity contribution in [3.05, 3.63) is 137 Å². The number of nitrogens with zero attached hydrogens (tertiary/aromatic N) is 4. The number of hydrogen-bond donors (Lipinski definition) is 1. The molecule has 54 heavy (non-hydrogen) atoms. The van der Waals surface area contributed by atoms with Crippen LogP contribution in [0.25, 0.3) is 11.0 Å². The van der Waals surface area contributed by atoms with Crippen molar-refractivity contribution in [2.24, 2.45) is 0 Å². The molecular formula is C41H39F7N4O2. The van der Waals surface area contributed by atoms with Gasteiger partial charge < -0.3 is 19.5 Å². The van der Waals surface area contributed by atoms with Crippen LogP contribution < -0.4 is 0 Å². The number of halogens is 7. The molecule has 7 rings (SSSR count). The minimum absolute atomic E-state index is 0.0254. The number of benzene rings is 4. The Hall–Kier alpha value is -4.75. The lowest BCUT2D eigenvalue weighted by atomic mass is 9.84. The first kappa shape index (κ1) is 37.6. The number of aromatic nitrogens is 2. The van der Waals surface area contributed by atoms with Gasteiger partial charge in [-0.05, 0) is 85.7 Å². The van der Waals surface area contributed by atoms with Gasteiger partial charge in [-0.3, -0.25) is 4.79 Å². The van der Waals surface area contributed by atoms with Crippen molar-refractivity contribution < 1.29 is 40.6 Å². The van der Waals surface area contributed by atoms with E-state index >= 15 is 0 Å². The van der Waals surface area contributed by atoms with E-state index in [1.807, 2.05) is 54.6 Å². The molecule has 1 N–H and O–H groups in total. The smallest absolute Gasteiger partial charge is 0.389 e. The number of imidazole rings is 1. The Morgan fingerprint density at radius 1 is 0.796 bits per heavy atom. The van der Waals surface area contributed by atoms with Gasteiger partial charge >= 0.3 is 12.4 Å². The monoisotopic (exact) mass is 752 g/mol. The van der Waals surface area contributed by atoms with E-state index in [1.165, 1.54) is 17.0 Å². The van der Waals surface area contributed by atoms with Gasteiger partial charge in [0.2, 0.25) is 0 Å². The molecule has 3 heterocycles. The van der Waals surface area contributed by atoms with E-state index in [1.54, 1.807) is 12.1 Å². The van der Waals surface area contributed by atoms with Crippen LogP contribution in [0.1, 0.15) is 64.1 Å². The van der Waals surface area contributed by atoms with Gasteiger partial charge in [0.1, 0.15) is 11.6 Å². The fraction of sp³-hybridized carbons (Fsp3) is 0.366. The zero-order valence-corrected chi connectivity index (χ0v) is 29.3. The Morgan fingerprint density at radius 2 is 1.43 bits per heavy atom. The highest BCUT2D eigenvalue weighted by Crippen LogP contribution is 2.38. The highest BCUT2D eigenvalue weighted by molar-refractivity contribution is 5.95. The molecule has 2 aliphatic heterocycles. The predicted octanol–water partition coefficient (Wildman–Crippen LogP) is 8.55. The number of alkyl halides is 6. The topological polar surface area (TPSA) is 61.6 Å². The third-order valence-electron chi connectivity index (χ3n) is 10.8. The number of aliphatic hydroxyl groups is 1. The Balaban J connectivity index is 1.08. The zero-order chi connectivity index (χ0) is 38.3.